The minimum Gasteiger partial charge on any atom is -0.385 e. The summed E-state index contributed by atoms with van der Waals surface area (Å²) >= 11 is 0. The summed E-state index contributed by atoms with van der Waals surface area (Å²) in [6, 6.07) is 0. The van der Waals surface area contributed by atoms with Gasteiger partial charge in [0.2, 0.25) is 0 Å². The highest BCUT2D eigenvalue weighted by Gasteiger charge is 2.18. The van der Waals surface area contributed by atoms with E-state index in [2.05, 4.69) is 6.30 Å². The number of ether oxygens (including phenoxy) is 1. The zero-order valence-corrected chi connectivity index (χ0v) is 11.5. The third kappa shape index (κ3) is 8.04. The molecule has 0 aromatic heterocycles. The highest BCUT2D eigenvalue weighted by Crippen LogP contribution is 2.50. The van der Waals surface area contributed by atoms with Gasteiger partial charge >= 0.3 is 0 Å². The summed E-state index contributed by atoms with van der Waals surface area (Å²) in [6.07, 6.45) is 6.26. The first-order chi connectivity index (χ1) is 6.89. The predicted octanol–water partition coefficient (Wildman–Crippen LogP) is 3.15. The van der Waals surface area contributed by atoms with Crippen molar-refractivity contribution in [2.45, 2.75) is 46.3 Å². The van der Waals surface area contributed by atoms with Crippen LogP contribution in [0, 0.1) is 0 Å². The van der Waals surface area contributed by atoms with Crippen LogP contribution in [0.4, 0.5) is 0 Å². The molecule has 0 fully saturated rings. The fourth-order valence-electron chi connectivity index (χ4n) is 1.35. The highest BCUT2D eigenvalue weighted by molar-refractivity contribution is 7.64. The molecule has 0 aliphatic heterocycles. The van der Waals surface area contributed by atoms with Crippen LogP contribution in [0.25, 0.3) is 0 Å². The van der Waals surface area contributed by atoms with Crippen molar-refractivity contribution in [3.63, 3.8) is 0 Å². The fourth-order valence-corrected chi connectivity index (χ4v) is 3.76. The largest absolute Gasteiger partial charge is 0.385 e. The number of rotatable bonds is 8. The monoisotopic (exact) mass is 236 g/mol. The van der Waals surface area contributed by atoms with Crippen LogP contribution < -0.4 is 0 Å². The SMILES string of the molecule is C=P(CCCOC)(OC(C)C)OC(C)C. The van der Waals surface area contributed by atoms with Crippen LogP contribution in [0.1, 0.15) is 34.1 Å². The maximum atomic E-state index is 5.82. The molecule has 4 heteroatoms. The maximum Gasteiger partial charge on any atom is 0.118 e. The third-order valence-corrected chi connectivity index (χ3v) is 4.26. The number of hydrogen-bond donors (Lipinski definition) is 0. The van der Waals surface area contributed by atoms with Gasteiger partial charge in [0.25, 0.3) is 0 Å². The van der Waals surface area contributed by atoms with Gasteiger partial charge in [-0.1, -0.05) is 6.30 Å². The molecule has 0 bridgehead atoms. The van der Waals surface area contributed by atoms with E-state index in [1.54, 1.807) is 7.11 Å². The topological polar surface area (TPSA) is 27.7 Å². The fraction of sp³-hybridized carbons (Fsp3) is 0.909. The average molecular weight is 236 g/mol. The molecule has 0 saturated heterocycles. The summed E-state index contributed by atoms with van der Waals surface area (Å²) in [4.78, 5) is 0. The molecule has 0 spiro atoms. The predicted molar refractivity (Wildman–Crippen MR) is 67.8 cm³/mol. The van der Waals surface area contributed by atoms with Crippen molar-refractivity contribution < 1.29 is 13.8 Å². The zero-order chi connectivity index (χ0) is 11.9. The van der Waals surface area contributed by atoms with Gasteiger partial charge in [0, 0.05) is 19.9 Å². The van der Waals surface area contributed by atoms with E-state index in [1.807, 2.05) is 27.7 Å². The Morgan fingerprint density at radius 1 is 1.07 bits per heavy atom. The van der Waals surface area contributed by atoms with Gasteiger partial charge in [-0.25, -0.2) is 0 Å². The Morgan fingerprint density at radius 3 is 1.87 bits per heavy atom. The minimum atomic E-state index is -1.94. The molecular weight excluding hydrogens is 211 g/mol. The molecule has 0 radical (unpaired) electrons. The van der Waals surface area contributed by atoms with Gasteiger partial charge in [-0.2, -0.15) is 0 Å². The van der Waals surface area contributed by atoms with Crippen molar-refractivity contribution in [2.24, 2.45) is 0 Å². The van der Waals surface area contributed by atoms with E-state index in [4.69, 9.17) is 13.8 Å². The van der Waals surface area contributed by atoms with Gasteiger partial charge in [-0.3, -0.25) is 0 Å². The molecule has 0 unspecified atom stereocenters. The Labute approximate surface area is 94.2 Å². The number of methoxy groups -OCH3 is 1. The standard InChI is InChI=1S/C11H25O3P/c1-10(2)13-15(6,14-11(3)4)9-7-8-12-5/h10-11H,6-9H2,1-5H3. The van der Waals surface area contributed by atoms with Gasteiger partial charge in [0.1, 0.15) is 7.34 Å². The lowest BCUT2D eigenvalue weighted by atomic mass is 10.5. The Bertz CT molecular complexity index is 188. The molecule has 0 heterocycles. The van der Waals surface area contributed by atoms with Gasteiger partial charge in [0.05, 0.1) is 12.2 Å². The Hall–Kier alpha value is 0.180. The second kappa shape index (κ2) is 7.45. The van der Waals surface area contributed by atoms with E-state index >= 15 is 0 Å². The molecule has 0 aliphatic rings. The normalized spacial score (nSPS) is 12.7. The Morgan fingerprint density at radius 2 is 1.53 bits per heavy atom. The van der Waals surface area contributed by atoms with E-state index in [9.17, 15) is 0 Å². The van der Waals surface area contributed by atoms with E-state index in [0.29, 0.717) is 0 Å². The molecule has 0 amide bonds. The first-order valence-corrected chi connectivity index (χ1v) is 7.47. The second-order valence-electron chi connectivity index (χ2n) is 4.19. The molecule has 0 saturated carbocycles. The van der Waals surface area contributed by atoms with E-state index < -0.39 is 7.34 Å². The molecule has 15 heavy (non-hydrogen) atoms. The van der Waals surface area contributed by atoms with Gasteiger partial charge in [0.15, 0.2) is 0 Å². The van der Waals surface area contributed by atoms with Crippen LogP contribution in [0.2, 0.25) is 0 Å². The lowest BCUT2D eigenvalue weighted by Gasteiger charge is -2.28. The van der Waals surface area contributed by atoms with Crippen LogP contribution in [0.15, 0.2) is 0 Å². The summed E-state index contributed by atoms with van der Waals surface area (Å²) in [7, 11) is -0.237. The van der Waals surface area contributed by atoms with Crippen molar-refractivity contribution in [3.05, 3.63) is 0 Å². The van der Waals surface area contributed by atoms with Gasteiger partial charge in [-0.15, -0.1) is 0 Å². The van der Waals surface area contributed by atoms with Gasteiger partial charge in [-0.05, 0) is 34.1 Å². The van der Waals surface area contributed by atoms with Crippen LogP contribution in [0.3, 0.4) is 0 Å². The van der Waals surface area contributed by atoms with Crippen molar-refractivity contribution in [2.75, 3.05) is 19.9 Å². The lowest BCUT2D eigenvalue weighted by molar-refractivity contribution is 0.167. The molecule has 0 N–H and O–H groups in total. The lowest BCUT2D eigenvalue weighted by Crippen LogP contribution is -2.11. The molecule has 0 aromatic carbocycles. The third-order valence-electron chi connectivity index (χ3n) is 1.65. The van der Waals surface area contributed by atoms with Crippen LogP contribution in [-0.4, -0.2) is 38.4 Å². The first-order valence-electron chi connectivity index (χ1n) is 5.48. The Balaban J connectivity index is 4.21. The molecule has 0 aromatic rings. The van der Waals surface area contributed by atoms with E-state index in [-0.39, 0.29) is 12.2 Å². The Kier molecular flexibility index (Phi) is 7.54. The van der Waals surface area contributed by atoms with Crippen LogP contribution in [0.5, 0.6) is 0 Å². The molecule has 0 atom stereocenters. The smallest absolute Gasteiger partial charge is 0.118 e. The molecule has 0 rings (SSSR count). The summed E-state index contributed by atoms with van der Waals surface area (Å²) in [5.41, 5.74) is 0. The maximum absolute atomic E-state index is 5.82. The molecule has 92 valence electrons. The van der Waals surface area contributed by atoms with Crippen molar-refractivity contribution in [1.82, 2.24) is 0 Å². The second-order valence-corrected chi connectivity index (χ2v) is 6.69. The molecule has 0 aliphatic carbocycles. The van der Waals surface area contributed by atoms with Crippen LogP contribution >= 0.6 is 7.34 Å². The van der Waals surface area contributed by atoms with E-state index in [0.717, 1.165) is 19.2 Å². The van der Waals surface area contributed by atoms with Crippen LogP contribution in [-0.2, 0) is 13.8 Å². The van der Waals surface area contributed by atoms with Crippen molar-refractivity contribution >= 4 is 13.6 Å². The van der Waals surface area contributed by atoms with Crippen molar-refractivity contribution in [3.8, 4) is 0 Å². The summed E-state index contributed by atoms with van der Waals surface area (Å²) in [5.74, 6) is 0. The molecule has 3 nitrogen and oxygen atoms in total. The minimum absolute atomic E-state index is 0.164. The van der Waals surface area contributed by atoms with Crippen molar-refractivity contribution in [1.29, 1.82) is 0 Å². The average Bonchev–Trinajstić information content (AvgIpc) is 2.00. The quantitative estimate of drug-likeness (QED) is 0.478. The van der Waals surface area contributed by atoms with Gasteiger partial charge < -0.3 is 13.8 Å². The van der Waals surface area contributed by atoms with E-state index in [1.165, 1.54) is 0 Å². The zero-order valence-electron chi connectivity index (χ0n) is 10.7. The molecular formula is C11H25O3P. The summed E-state index contributed by atoms with van der Waals surface area (Å²) < 4.78 is 16.7. The first kappa shape index (κ1) is 15.2. The number of hydrogen-bond acceptors (Lipinski definition) is 3. The summed E-state index contributed by atoms with van der Waals surface area (Å²) in [6.45, 7) is 8.79. The summed E-state index contributed by atoms with van der Waals surface area (Å²) in [5, 5.41) is 0. The highest BCUT2D eigenvalue weighted by atomic mass is 31.2.